The smallest absolute Gasteiger partial charge is 0.147 e. The van der Waals surface area contributed by atoms with Gasteiger partial charge in [-0.05, 0) is 18.4 Å². The van der Waals surface area contributed by atoms with Crippen molar-refractivity contribution in [2.75, 3.05) is 24.3 Å². The summed E-state index contributed by atoms with van der Waals surface area (Å²) in [5, 5.41) is 4.17. The highest BCUT2D eigenvalue weighted by molar-refractivity contribution is 6.37. The fraction of sp³-hybridized carbons (Fsp3) is 0.545. The van der Waals surface area contributed by atoms with Crippen molar-refractivity contribution in [1.29, 1.82) is 0 Å². The molecule has 3 N–H and O–H groups in total. The Labute approximate surface area is 110 Å². The van der Waals surface area contributed by atoms with Gasteiger partial charge in [-0.25, -0.2) is 4.98 Å². The highest BCUT2D eigenvalue weighted by Gasteiger charge is 2.23. The van der Waals surface area contributed by atoms with E-state index in [0.29, 0.717) is 33.6 Å². The molecule has 0 aromatic carbocycles. The first-order valence-corrected chi connectivity index (χ1v) is 6.29. The van der Waals surface area contributed by atoms with Gasteiger partial charge < -0.3 is 15.8 Å². The van der Waals surface area contributed by atoms with E-state index in [1.54, 1.807) is 6.07 Å². The van der Waals surface area contributed by atoms with Crippen LogP contribution in [0.15, 0.2) is 6.07 Å². The lowest BCUT2D eigenvalue weighted by Crippen LogP contribution is -2.36. The Bertz CT molecular complexity index is 414. The fourth-order valence-corrected chi connectivity index (χ4v) is 2.27. The molecule has 4 nitrogen and oxygen atoms in total. The van der Waals surface area contributed by atoms with E-state index >= 15 is 0 Å². The molecule has 2 heterocycles. The minimum Gasteiger partial charge on any atom is -0.382 e. The predicted octanol–water partition coefficient (Wildman–Crippen LogP) is 2.81. The summed E-state index contributed by atoms with van der Waals surface area (Å²) in [6.45, 7) is 3.63. The second-order valence-electron chi connectivity index (χ2n) is 4.28. The van der Waals surface area contributed by atoms with Crippen molar-refractivity contribution in [3.63, 3.8) is 0 Å². The van der Waals surface area contributed by atoms with Crippen LogP contribution in [0.2, 0.25) is 10.0 Å². The third-order valence-corrected chi connectivity index (χ3v) is 3.51. The Hall–Kier alpha value is -0.710. The third-order valence-electron chi connectivity index (χ3n) is 2.92. The van der Waals surface area contributed by atoms with Gasteiger partial charge in [0.25, 0.3) is 0 Å². The number of hydrogen-bond donors (Lipinski definition) is 2. The summed E-state index contributed by atoms with van der Waals surface area (Å²) in [7, 11) is 0. The van der Waals surface area contributed by atoms with Crippen LogP contribution in [-0.2, 0) is 4.74 Å². The van der Waals surface area contributed by atoms with Gasteiger partial charge in [-0.3, -0.25) is 0 Å². The first-order valence-electron chi connectivity index (χ1n) is 5.53. The van der Waals surface area contributed by atoms with Crippen molar-refractivity contribution >= 4 is 34.8 Å². The van der Waals surface area contributed by atoms with Gasteiger partial charge in [-0.15, -0.1) is 0 Å². The molecule has 17 heavy (non-hydrogen) atoms. The van der Waals surface area contributed by atoms with E-state index in [0.717, 1.165) is 19.6 Å². The summed E-state index contributed by atoms with van der Waals surface area (Å²) >= 11 is 11.9. The third kappa shape index (κ3) is 2.94. The standard InChI is InChI=1S/C11H15Cl2N3O/c1-6-5-17-3-2-9(6)15-11-8(13)4-7(12)10(14)16-11/h4,6,9H,2-3,5H2,1H3,(H3,14,15,16). The topological polar surface area (TPSA) is 60.2 Å². The summed E-state index contributed by atoms with van der Waals surface area (Å²) in [4.78, 5) is 4.16. The number of pyridine rings is 1. The number of rotatable bonds is 2. The summed E-state index contributed by atoms with van der Waals surface area (Å²) in [6, 6.07) is 1.91. The largest absolute Gasteiger partial charge is 0.382 e. The zero-order valence-corrected chi connectivity index (χ0v) is 11.1. The van der Waals surface area contributed by atoms with Crippen LogP contribution in [0.3, 0.4) is 0 Å². The van der Waals surface area contributed by atoms with Crippen LogP contribution >= 0.6 is 23.2 Å². The number of nitrogens with zero attached hydrogens (tertiary/aromatic N) is 1. The van der Waals surface area contributed by atoms with Crippen LogP contribution in [-0.4, -0.2) is 24.2 Å². The Balaban J connectivity index is 2.15. The number of halogens is 2. The van der Waals surface area contributed by atoms with Crippen LogP contribution in [0.25, 0.3) is 0 Å². The molecule has 1 saturated heterocycles. The average molecular weight is 276 g/mol. The zero-order valence-electron chi connectivity index (χ0n) is 9.54. The molecule has 1 aromatic heterocycles. The molecule has 2 rings (SSSR count). The molecule has 0 saturated carbocycles. The van der Waals surface area contributed by atoms with E-state index in [1.807, 2.05) is 0 Å². The molecule has 0 bridgehead atoms. The first-order chi connectivity index (χ1) is 8.08. The molecular weight excluding hydrogens is 261 g/mol. The Kier molecular flexibility index (Phi) is 3.97. The number of aromatic nitrogens is 1. The molecule has 2 unspecified atom stereocenters. The lowest BCUT2D eigenvalue weighted by molar-refractivity contribution is 0.0537. The van der Waals surface area contributed by atoms with E-state index in [4.69, 9.17) is 33.7 Å². The molecule has 2 atom stereocenters. The van der Waals surface area contributed by atoms with Crippen molar-refractivity contribution in [3.8, 4) is 0 Å². The molecule has 0 radical (unpaired) electrons. The number of nitrogen functional groups attached to an aromatic ring is 1. The molecule has 1 fully saturated rings. The van der Waals surface area contributed by atoms with Crippen LogP contribution in [0, 0.1) is 5.92 Å². The highest BCUT2D eigenvalue weighted by atomic mass is 35.5. The van der Waals surface area contributed by atoms with Crippen LogP contribution in [0.5, 0.6) is 0 Å². The van der Waals surface area contributed by atoms with E-state index < -0.39 is 0 Å². The van der Waals surface area contributed by atoms with Gasteiger partial charge >= 0.3 is 0 Å². The van der Waals surface area contributed by atoms with Crippen LogP contribution in [0.4, 0.5) is 11.6 Å². The van der Waals surface area contributed by atoms with E-state index in [9.17, 15) is 0 Å². The Morgan fingerprint density at radius 2 is 2.24 bits per heavy atom. The van der Waals surface area contributed by atoms with E-state index in [1.165, 1.54) is 0 Å². The molecule has 0 amide bonds. The maximum atomic E-state index is 6.07. The molecule has 1 aromatic rings. The Morgan fingerprint density at radius 3 is 2.94 bits per heavy atom. The minimum atomic E-state index is 0.290. The SMILES string of the molecule is CC1COCCC1Nc1nc(N)c(Cl)cc1Cl. The zero-order chi connectivity index (χ0) is 12.4. The predicted molar refractivity (Wildman–Crippen MR) is 70.7 cm³/mol. The van der Waals surface area contributed by atoms with Gasteiger partial charge in [0, 0.05) is 12.6 Å². The maximum Gasteiger partial charge on any atom is 0.147 e. The number of nitrogens with one attached hydrogen (secondary N) is 1. The molecule has 94 valence electrons. The maximum absolute atomic E-state index is 6.07. The number of hydrogen-bond acceptors (Lipinski definition) is 4. The van der Waals surface area contributed by atoms with Crippen molar-refractivity contribution in [2.45, 2.75) is 19.4 Å². The summed E-state index contributed by atoms with van der Waals surface area (Å²) in [6.07, 6.45) is 0.932. The summed E-state index contributed by atoms with van der Waals surface area (Å²) in [5.41, 5.74) is 5.66. The van der Waals surface area contributed by atoms with Crippen molar-refractivity contribution in [3.05, 3.63) is 16.1 Å². The Morgan fingerprint density at radius 1 is 1.47 bits per heavy atom. The molecular formula is C11H15Cl2N3O. The van der Waals surface area contributed by atoms with Crippen molar-refractivity contribution in [1.82, 2.24) is 4.98 Å². The minimum absolute atomic E-state index is 0.290. The molecule has 0 spiro atoms. The first kappa shape index (κ1) is 12.7. The van der Waals surface area contributed by atoms with Gasteiger partial charge in [-0.1, -0.05) is 30.1 Å². The molecule has 1 aliphatic heterocycles. The van der Waals surface area contributed by atoms with Crippen molar-refractivity contribution < 1.29 is 4.74 Å². The van der Waals surface area contributed by atoms with Gasteiger partial charge in [0.15, 0.2) is 0 Å². The van der Waals surface area contributed by atoms with E-state index in [-0.39, 0.29) is 0 Å². The van der Waals surface area contributed by atoms with Crippen LogP contribution < -0.4 is 11.1 Å². The molecule has 1 aliphatic rings. The lowest BCUT2D eigenvalue weighted by Gasteiger charge is -2.30. The van der Waals surface area contributed by atoms with E-state index in [2.05, 4.69) is 17.2 Å². The van der Waals surface area contributed by atoms with Gasteiger partial charge in [-0.2, -0.15) is 0 Å². The van der Waals surface area contributed by atoms with Gasteiger partial charge in [0.1, 0.15) is 11.6 Å². The molecule has 0 aliphatic carbocycles. The normalized spacial score (nSPS) is 24.6. The number of ether oxygens (including phenoxy) is 1. The fourth-order valence-electron chi connectivity index (χ4n) is 1.85. The van der Waals surface area contributed by atoms with Crippen molar-refractivity contribution in [2.24, 2.45) is 5.92 Å². The summed E-state index contributed by atoms with van der Waals surface area (Å²) < 4.78 is 5.38. The second kappa shape index (κ2) is 5.29. The van der Waals surface area contributed by atoms with Gasteiger partial charge in [0.2, 0.25) is 0 Å². The number of nitrogens with two attached hydrogens (primary N) is 1. The average Bonchev–Trinajstić information content (AvgIpc) is 2.29. The lowest BCUT2D eigenvalue weighted by atomic mass is 9.98. The van der Waals surface area contributed by atoms with Crippen LogP contribution in [0.1, 0.15) is 13.3 Å². The number of anilines is 2. The van der Waals surface area contributed by atoms with Gasteiger partial charge in [0.05, 0.1) is 16.7 Å². The quantitative estimate of drug-likeness (QED) is 0.872. The molecule has 6 heteroatoms. The monoisotopic (exact) mass is 275 g/mol. The second-order valence-corrected chi connectivity index (χ2v) is 5.09. The summed E-state index contributed by atoms with van der Waals surface area (Å²) in [5.74, 6) is 1.30. The highest BCUT2D eigenvalue weighted by Crippen LogP contribution is 2.29.